The summed E-state index contributed by atoms with van der Waals surface area (Å²) in [6, 6.07) is 9.26. The van der Waals surface area contributed by atoms with Crippen LogP contribution < -0.4 is 4.90 Å². The Bertz CT molecular complexity index is 790. The lowest BCUT2D eigenvalue weighted by atomic mass is 10.1. The number of aryl methyl sites for hydroxylation is 1. The third-order valence-corrected chi connectivity index (χ3v) is 5.01. The van der Waals surface area contributed by atoms with Crippen LogP contribution >= 0.6 is 11.8 Å². The number of alkyl halides is 3. The highest BCUT2D eigenvalue weighted by Crippen LogP contribution is 2.43. The van der Waals surface area contributed by atoms with E-state index in [1.54, 1.807) is 25.1 Å². The van der Waals surface area contributed by atoms with Gasteiger partial charge in [0.25, 0.3) is 0 Å². The van der Waals surface area contributed by atoms with Gasteiger partial charge in [0.15, 0.2) is 0 Å². The minimum Gasteiger partial charge on any atom is -0.295 e. The molecule has 1 atom stereocenters. The van der Waals surface area contributed by atoms with E-state index in [2.05, 4.69) is 0 Å². The van der Waals surface area contributed by atoms with Crippen molar-refractivity contribution in [2.45, 2.75) is 18.5 Å². The van der Waals surface area contributed by atoms with E-state index in [1.165, 1.54) is 28.8 Å². The van der Waals surface area contributed by atoms with Crippen LogP contribution in [0.25, 0.3) is 0 Å². The molecule has 3 rings (SSSR count). The van der Waals surface area contributed by atoms with Gasteiger partial charge in [-0.15, -0.1) is 11.8 Å². The van der Waals surface area contributed by atoms with Crippen LogP contribution in [0.4, 0.5) is 23.2 Å². The standard InChI is InChI=1S/C17H13F4NOS/c1-10-5-6-13(8-14(10)18)22-15(23)9-24-16(22)11-3-2-4-12(7-11)17(19,20)21/h2-8,16H,9H2,1H3/t16-/m0/s1. The summed E-state index contributed by atoms with van der Waals surface area (Å²) in [4.78, 5) is 13.5. The van der Waals surface area contributed by atoms with E-state index in [4.69, 9.17) is 0 Å². The summed E-state index contributed by atoms with van der Waals surface area (Å²) in [5.74, 6) is -0.582. The number of hydrogen-bond acceptors (Lipinski definition) is 2. The molecule has 1 aliphatic heterocycles. The Morgan fingerprint density at radius 3 is 2.58 bits per heavy atom. The van der Waals surface area contributed by atoms with E-state index in [9.17, 15) is 22.4 Å². The van der Waals surface area contributed by atoms with Crippen molar-refractivity contribution in [2.24, 2.45) is 0 Å². The highest BCUT2D eigenvalue weighted by molar-refractivity contribution is 8.00. The van der Waals surface area contributed by atoms with Crippen LogP contribution in [0.15, 0.2) is 42.5 Å². The minimum absolute atomic E-state index is 0.135. The highest BCUT2D eigenvalue weighted by atomic mass is 32.2. The molecule has 1 saturated heterocycles. The summed E-state index contributed by atoms with van der Waals surface area (Å²) >= 11 is 1.22. The predicted molar refractivity (Wildman–Crippen MR) is 85.3 cm³/mol. The molecule has 2 aromatic carbocycles. The van der Waals surface area contributed by atoms with Crippen molar-refractivity contribution in [1.82, 2.24) is 0 Å². The van der Waals surface area contributed by atoms with Gasteiger partial charge in [0.2, 0.25) is 5.91 Å². The third kappa shape index (κ3) is 3.13. The van der Waals surface area contributed by atoms with E-state index in [1.807, 2.05) is 0 Å². The molecule has 1 fully saturated rings. The molecule has 0 unspecified atom stereocenters. The van der Waals surface area contributed by atoms with Gasteiger partial charge >= 0.3 is 6.18 Å². The SMILES string of the molecule is Cc1ccc(N2C(=O)CS[C@H]2c2cccc(C(F)(F)F)c2)cc1F. The maximum Gasteiger partial charge on any atom is 0.416 e. The Balaban J connectivity index is 2.01. The monoisotopic (exact) mass is 355 g/mol. The molecule has 126 valence electrons. The Hall–Kier alpha value is -2.02. The molecule has 0 spiro atoms. The zero-order valence-corrected chi connectivity index (χ0v) is 13.4. The first kappa shape index (κ1) is 16.8. The molecule has 1 heterocycles. The Morgan fingerprint density at radius 2 is 1.92 bits per heavy atom. The number of amides is 1. The van der Waals surface area contributed by atoms with Crippen molar-refractivity contribution < 1.29 is 22.4 Å². The summed E-state index contributed by atoms with van der Waals surface area (Å²) in [7, 11) is 0. The van der Waals surface area contributed by atoms with E-state index in [-0.39, 0.29) is 11.7 Å². The minimum atomic E-state index is -4.45. The second-order valence-corrected chi connectivity index (χ2v) is 6.55. The summed E-state index contributed by atoms with van der Waals surface area (Å²) in [6.45, 7) is 1.60. The lowest BCUT2D eigenvalue weighted by molar-refractivity contribution is -0.137. The van der Waals surface area contributed by atoms with Gasteiger partial charge < -0.3 is 0 Å². The van der Waals surface area contributed by atoms with Crippen molar-refractivity contribution in [1.29, 1.82) is 0 Å². The van der Waals surface area contributed by atoms with E-state index in [0.717, 1.165) is 12.1 Å². The first-order chi connectivity index (χ1) is 11.3. The molecule has 24 heavy (non-hydrogen) atoms. The van der Waals surface area contributed by atoms with Crippen LogP contribution in [-0.2, 0) is 11.0 Å². The van der Waals surface area contributed by atoms with Crippen LogP contribution in [0.3, 0.4) is 0 Å². The van der Waals surface area contributed by atoms with E-state index in [0.29, 0.717) is 16.8 Å². The fourth-order valence-corrected chi connectivity index (χ4v) is 3.72. The molecular formula is C17H13F4NOS. The van der Waals surface area contributed by atoms with Gasteiger partial charge in [0.1, 0.15) is 11.2 Å². The van der Waals surface area contributed by atoms with Gasteiger partial charge in [0, 0.05) is 5.69 Å². The molecule has 0 saturated carbocycles. The van der Waals surface area contributed by atoms with Crippen LogP contribution in [0.1, 0.15) is 22.1 Å². The van der Waals surface area contributed by atoms with Gasteiger partial charge in [-0.05, 0) is 42.3 Å². The van der Waals surface area contributed by atoms with Gasteiger partial charge in [0.05, 0.1) is 11.3 Å². The van der Waals surface area contributed by atoms with E-state index < -0.39 is 22.9 Å². The fourth-order valence-electron chi connectivity index (χ4n) is 2.55. The van der Waals surface area contributed by atoms with Crippen molar-refractivity contribution in [3.63, 3.8) is 0 Å². The third-order valence-electron chi connectivity index (χ3n) is 3.80. The summed E-state index contributed by atoms with van der Waals surface area (Å²) in [6.07, 6.45) is -4.45. The molecular weight excluding hydrogens is 342 g/mol. The molecule has 7 heteroatoms. The zero-order chi connectivity index (χ0) is 17.5. The normalized spacial score (nSPS) is 18.3. The molecule has 0 aromatic heterocycles. The lowest BCUT2D eigenvalue weighted by Crippen LogP contribution is -2.28. The zero-order valence-electron chi connectivity index (χ0n) is 12.6. The summed E-state index contributed by atoms with van der Waals surface area (Å²) in [5.41, 5.74) is 0.376. The van der Waals surface area contributed by atoms with Crippen molar-refractivity contribution in [3.8, 4) is 0 Å². The Kier molecular flexibility index (Phi) is 4.29. The van der Waals surface area contributed by atoms with Crippen LogP contribution in [-0.4, -0.2) is 11.7 Å². The quantitative estimate of drug-likeness (QED) is 0.712. The number of carbonyl (C=O) groups excluding carboxylic acids is 1. The smallest absolute Gasteiger partial charge is 0.295 e. The molecule has 0 radical (unpaired) electrons. The second kappa shape index (κ2) is 6.12. The fraction of sp³-hybridized carbons (Fsp3) is 0.235. The van der Waals surface area contributed by atoms with Crippen molar-refractivity contribution in [3.05, 3.63) is 65.0 Å². The number of carbonyl (C=O) groups is 1. The largest absolute Gasteiger partial charge is 0.416 e. The van der Waals surface area contributed by atoms with Gasteiger partial charge in [-0.3, -0.25) is 9.69 Å². The van der Waals surface area contributed by atoms with Crippen LogP contribution in [0.5, 0.6) is 0 Å². The van der Waals surface area contributed by atoms with Crippen LogP contribution in [0, 0.1) is 12.7 Å². The summed E-state index contributed by atoms with van der Waals surface area (Å²) < 4.78 is 52.6. The van der Waals surface area contributed by atoms with Crippen molar-refractivity contribution >= 4 is 23.4 Å². The lowest BCUT2D eigenvalue weighted by Gasteiger charge is -2.25. The molecule has 1 aliphatic rings. The van der Waals surface area contributed by atoms with Crippen molar-refractivity contribution in [2.75, 3.05) is 10.7 Å². The van der Waals surface area contributed by atoms with Gasteiger partial charge in [-0.1, -0.05) is 18.2 Å². The number of nitrogens with zero attached hydrogens (tertiary/aromatic N) is 1. The highest BCUT2D eigenvalue weighted by Gasteiger charge is 2.36. The topological polar surface area (TPSA) is 20.3 Å². The molecule has 0 bridgehead atoms. The summed E-state index contributed by atoms with van der Waals surface area (Å²) in [5, 5.41) is -0.609. The average Bonchev–Trinajstić information content (AvgIpc) is 2.91. The second-order valence-electron chi connectivity index (χ2n) is 5.48. The first-order valence-electron chi connectivity index (χ1n) is 7.14. The number of thioether (sulfide) groups is 1. The maximum atomic E-state index is 13.8. The number of hydrogen-bond donors (Lipinski definition) is 0. The number of halogens is 4. The van der Waals surface area contributed by atoms with Gasteiger partial charge in [-0.2, -0.15) is 13.2 Å². The first-order valence-corrected chi connectivity index (χ1v) is 8.19. The molecule has 2 aromatic rings. The molecule has 0 aliphatic carbocycles. The number of rotatable bonds is 2. The Labute approximate surface area is 140 Å². The average molecular weight is 355 g/mol. The van der Waals surface area contributed by atoms with Crippen LogP contribution in [0.2, 0.25) is 0 Å². The number of anilines is 1. The molecule has 2 nitrogen and oxygen atoms in total. The number of benzene rings is 2. The predicted octanol–water partition coefficient (Wildman–Crippen LogP) is 4.93. The maximum absolute atomic E-state index is 13.8. The molecule has 0 N–H and O–H groups in total. The van der Waals surface area contributed by atoms with E-state index >= 15 is 0 Å². The van der Waals surface area contributed by atoms with Gasteiger partial charge in [-0.25, -0.2) is 4.39 Å². The Morgan fingerprint density at radius 1 is 1.17 bits per heavy atom. The molecule has 1 amide bonds.